The SMILES string of the molecule is C=Cc1ccc(NC(=O)N(CC)Cc2cnn(C(C)C)c2)cc1. The fourth-order valence-corrected chi connectivity index (χ4v) is 2.19. The molecule has 0 aliphatic carbocycles. The highest BCUT2D eigenvalue weighted by Crippen LogP contribution is 2.13. The highest BCUT2D eigenvalue weighted by atomic mass is 16.2. The van der Waals surface area contributed by atoms with Gasteiger partial charge in [-0.15, -0.1) is 0 Å². The van der Waals surface area contributed by atoms with Gasteiger partial charge in [0.2, 0.25) is 0 Å². The van der Waals surface area contributed by atoms with Crippen LogP contribution in [0, 0.1) is 0 Å². The predicted octanol–water partition coefficient (Wildman–Crippen LogP) is 4.16. The summed E-state index contributed by atoms with van der Waals surface area (Å²) in [6.07, 6.45) is 5.57. The zero-order valence-electron chi connectivity index (χ0n) is 14.0. The molecule has 122 valence electrons. The summed E-state index contributed by atoms with van der Waals surface area (Å²) in [6, 6.07) is 7.79. The monoisotopic (exact) mass is 312 g/mol. The van der Waals surface area contributed by atoms with E-state index < -0.39 is 0 Å². The summed E-state index contributed by atoms with van der Waals surface area (Å²) in [5.74, 6) is 0. The Balaban J connectivity index is 2.00. The van der Waals surface area contributed by atoms with E-state index in [9.17, 15) is 4.79 Å². The molecule has 0 spiro atoms. The first-order valence-corrected chi connectivity index (χ1v) is 7.85. The van der Waals surface area contributed by atoms with Gasteiger partial charge in [0.15, 0.2) is 0 Å². The molecular weight excluding hydrogens is 288 g/mol. The van der Waals surface area contributed by atoms with Gasteiger partial charge in [0.1, 0.15) is 0 Å². The minimum absolute atomic E-state index is 0.115. The zero-order chi connectivity index (χ0) is 16.8. The summed E-state index contributed by atoms with van der Waals surface area (Å²) >= 11 is 0. The quantitative estimate of drug-likeness (QED) is 0.870. The van der Waals surface area contributed by atoms with Gasteiger partial charge in [0.25, 0.3) is 0 Å². The third kappa shape index (κ3) is 4.45. The van der Waals surface area contributed by atoms with Gasteiger partial charge < -0.3 is 10.2 Å². The first-order chi connectivity index (χ1) is 11.0. The number of nitrogens with zero attached hydrogens (tertiary/aromatic N) is 3. The number of benzene rings is 1. The first-order valence-electron chi connectivity index (χ1n) is 7.85. The molecule has 2 rings (SSSR count). The normalized spacial score (nSPS) is 10.6. The number of amides is 2. The smallest absolute Gasteiger partial charge is 0.320 e. The van der Waals surface area contributed by atoms with Crippen LogP contribution in [0.25, 0.3) is 6.08 Å². The number of anilines is 1. The maximum absolute atomic E-state index is 12.4. The van der Waals surface area contributed by atoms with Gasteiger partial charge in [-0.1, -0.05) is 24.8 Å². The van der Waals surface area contributed by atoms with Crippen LogP contribution in [0.5, 0.6) is 0 Å². The fraction of sp³-hybridized carbons (Fsp3) is 0.333. The van der Waals surface area contributed by atoms with Gasteiger partial charge in [0.05, 0.1) is 12.7 Å². The molecule has 2 aromatic rings. The minimum Gasteiger partial charge on any atom is -0.320 e. The van der Waals surface area contributed by atoms with Crippen molar-refractivity contribution in [3.63, 3.8) is 0 Å². The molecule has 5 heteroatoms. The predicted molar refractivity (Wildman–Crippen MR) is 94.2 cm³/mol. The number of hydrogen-bond acceptors (Lipinski definition) is 2. The van der Waals surface area contributed by atoms with Gasteiger partial charge in [-0.2, -0.15) is 5.10 Å². The van der Waals surface area contributed by atoms with Crippen molar-refractivity contribution in [2.75, 3.05) is 11.9 Å². The average molecular weight is 312 g/mol. The van der Waals surface area contributed by atoms with Crippen molar-refractivity contribution in [1.82, 2.24) is 14.7 Å². The zero-order valence-corrected chi connectivity index (χ0v) is 14.0. The Kier molecular flexibility index (Phi) is 5.57. The second-order valence-corrected chi connectivity index (χ2v) is 5.69. The van der Waals surface area contributed by atoms with E-state index in [1.54, 1.807) is 11.0 Å². The Labute approximate surface area is 137 Å². The van der Waals surface area contributed by atoms with E-state index in [4.69, 9.17) is 0 Å². The number of aromatic nitrogens is 2. The second-order valence-electron chi connectivity index (χ2n) is 5.69. The molecule has 0 aliphatic heterocycles. The molecule has 2 amide bonds. The van der Waals surface area contributed by atoms with E-state index in [1.165, 1.54) is 0 Å². The van der Waals surface area contributed by atoms with E-state index in [-0.39, 0.29) is 6.03 Å². The Morgan fingerprint density at radius 2 is 2.09 bits per heavy atom. The molecule has 1 aromatic carbocycles. The van der Waals surface area contributed by atoms with Crippen LogP contribution in [0.1, 0.15) is 37.9 Å². The molecule has 23 heavy (non-hydrogen) atoms. The number of nitrogens with one attached hydrogen (secondary N) is 1. The van der Waals surface area contributed by atoms with E-state index in [1.807, 2.05) is 48.3 Å². The van der Waals surface area contributed by atoms with Crippen LogP contribution >= 0.6 is 0 Å². The summed E-state index contributed by atoms with van der Waals surface area (Å²) in [5.41, 5.74) is 2.83. The molecule has 0 saturated heterocycles. The molecule has 5 nitrogen and oxygen atoms in total. The first kappa shape index (κ1) is 16.8. The van der Waals surface area contributed by atoms with Gasteiger partial charge in [-0.25, -0.2) is 4.79 Å². The van der Waals surface area contributed by atoms with Gasteiger partial charge >= 0.3 is 6.03 Å². The largest absolute Gasteiger partial charge is 0.322 e. The van der Waals surface area contributed by atoms with E-state index in [0.29, 0.717) is 19.1 Å². The van der Waals surface area contributed by atoms with Crippen LogP contribution in [0.3, 0.4) is 0 Å². The van der Waals surface area contributed by atoms with Gasteiger partial charge in [0, 0.05) is 30.0 Å². The number of rotatable bonds is 6. The lowest BCUT2D eigenvalue weighted by molar-refractivity contribution is 0.212. The molecule has 0 saturated carbocycles. The average Bonchev–Trinajstić information content (AvgIpc) is 3.02. The van der Waals surface area contributed by atoms with Crippen molar-refractivity contribution >= 4 is 17.8 Å². The van der Waals surface area contributed by atoms with Crippen molar-refractivity contribution in [2.45, 2.75) is 33.4 Å². The number of hydrogen-bond donors (Lipinski definition) is 1. The van der Waals surface area contributed by atoms with Crippen molar-refractivity contribution in [1.29, 1.82) is 0 Å². The van der Waals surface area contributed by atoms with Crippen LogP contribution in [-0.4, -0.2) is 27.3 Å². The third-order valence-electron chi connectivity index (χ3n) is 3.62. The second kappa shape index (κ2) is 7.63. The van der Waals surface area contributed by atoms with Crippen LogP contribution < -0.4 is 5.32 Å². The van der Waals surface area contributed by atoms with Crippen molar-refractivity contribution < 1.29 is 4.79 Å². The molecule has 0 aliphatic rings. The lowest BCUT2D eigenvalue weighted by Crippen LogP contribution is -2.34. The maximum atomic E-state index is 12.4. The fourth-order valence-electron chi connectivity index (χ4n) is 2.19. The Morgan fingerprint density at radius 1 is 1.39 bits per heavy atom. The number of urea groups is 1. The van der Waals surface area contributed by atoms with Crippen LogP contribution in [0.4, 0.5) is 10.5 Å². The lowest BCUT2D eigenvalue weighted by Gasteiger charge is -2.20. The van der Waals surface area contributed by atoms with E-state index >= 15 is 0 Å². The Morgan fingerprint density at radius 3 is 2.61 bits per heavy atom. The van der Waals surface area contributed by atoms with Crippen molar-refractivity contribution in [3.05, 3.63) is 54.4 Å². The molecule has 0 radical (unpaired) electrons. The van der Waals surface area contributed by atoms with E-state index in [0.717, 1.165) is 16.8 Å². The van der Waals surface area contributed by atoms with Gasteiger partial charge in [-0.3, -0.25) is 4.68 Å². The highest BCUT2D eigenvalue weighted by Gasteiger charge is 2.13. The molecule has 0 bridgehead atoms. The van der Waals surface area contributed by atoms with Crippen LogP contribution in [0.15, 0.2) is 43.2 Å². The summed E-state index contributed by atoms with van der Waals surface area (Å²) in [7, 11) is 0. The maximum Gasteiger partial charge on any atom is 0.322 e. The molecule has 0 fully saturated rings. The standard InChI is InChI=1S/C18H24N4O/c1-5-15-7-9-17(10-8-15)20-18(23)21(6-2)12-16-11-19-22(13-16)14(3)4/h5,7-11,13-14H,1,6,12H2,2-4H3,(H,20,23). The minimum atomic E-state index is -0.115. The summed E-state index contributed by atoms with van der Waals surface area (Å²) < 4.78 is 1.90. The molecule has 1 N–H and O–H groups in total. The number of carbonyl (C=O) groups excluding carboxylic acids is 1. The summed E-state index contributed by atoms with van der Waals surface area (Å²) in [6.45, 7) is 11.0. The summed E-state index contributed by atoms with van der Waals surface area (Å²) in [5, 5.41) is 7.23. The van der Waals surface area contributed by atoms with Crippen molar-refractivity contribution in [3.8, 4) is 0 Å². The van der Waals surface area contributed by atoms with Crippen molar-refractivity contribution in [2.24, 2.45) is 0 Å². The molecule has 0 atom stereocenters. The molecule has 1 aromatic heterocycles. The van der Waals surface area contributed by atoms with Crippen LogP contribution in [-0.2, 0) is 6.54 Å². The van der Waals surface area contributed by atoms with Gasteiger partial charge in [-0.05, 0) is 38.5 Å². The topological polar surface area (TPSA) is 50.2 Å². The molecule has 1 heterocycles. The molecule has 0 unspecified atom stereocenters. The highest BCUT2D eigenvalue weighted by molar-refractivity contribution is 5.89. The third-order valence-corrected chi connectivity index (χ3v) is 3.62. The number of carbonyl (C=O) groups is 1. The van der Waals surface area contributed by atoms with Crippen LogP contribution in [0.2, 0.25) is 0 Å². The lowest BCUT2D eigenvalue weighted by atomic mass is 10.2. The Bertz CT molecular complexity index is 658. The molecular formula is C18H24N4O. The Hall–Kier alpha value is -2.56. The summed E-state index contributed by atoms with van der Waals surface area (Å²) in [4.78, 5) is 14.2. The van der Waals surface area contributed by atoms with E-state index in [2.05, 4.69) is 30.8 Å².